The molecule has 1 unspecified atom stereocenters. The fourth-order valence-electron chi connectivity index (χ4n) is 4.63. The standard InChI is InChI=1S/C26H29F2N7O4/c1-37-24-19(14-30-26(33-24)38-2)20-3-4-21-23(32-20)35(15-16-11-17(27)13-18(28)12-16)25(36)22(31-21)29-5-6-34-7-9-39-10-8-34/h3-4,11,13-14,16H,5-10,12,15H2,1-2H3,(H,29,31). The fourth-order valence-corrected chi connectivity index (χ4v) is 4.63. The van der Waals surface area contributed by atoms with E-state index in [-0.39, 0.29) is 36.3 Å². The number of pyridine rings is 1. The molecule has 1 saturated heterocycles. The molecule has 13 heteroatoms. The third-order valence-electron chi connectivity index (χ3n) is 6.56. The zero-order chi connectivity index (χ0) is 27.4. The van der Waals surface area contributed by atoms with Gasteiger partial charge in [0.2, 0.25) is 5.88 Å². The van der Waals surface area contributed by atoms with Crippen LogP contribution in [-0.4, -0.2) is 83.0 Å². The van der Waals surface area contributed by atoms with E-state index in [2.05, 4.69) is 25.2 Å². The van der Waals surface area contributed by atoms with Crippen LogP contribution in [0.1, 0.15) is 6.42 Å². The average molecular weight is 542 g/mol. The summed E-state index contributed by atoms with van der Waals surface area (Å²) >= 11 is 0. The second kappa shape index (κ2) is 11.8. The van der Waals surface area contributed by atoms with E-state index in [1.54, 1.807) is 12.1 Å². The summed E-state index contributed by atoms with van der Waals surface area (Å²) in [6, 6.07) is 3.57. The highest BCUT2D eigenvalue weighted by molar-refractivity contribution is 5.77. The van der Waals surface area contributed by atoms with Crippen molar-refractivity contribution >= 4 is 17.0 Å². The molecule has 5 rings (SSSR count). The van der Waals surface area contributed by atoms with E-state index in [0.717, 1.165) is 19.2 Å². The van der Waals surface area contributed by atoms with Crippen molar-refractivity contribution in [1.29, 1.82) is 0 Å². The van der Waals surface area contributed by atoms with Gasteiger partial charge in [0.05, 0.1) is 38.7 Å². The molecule has 0 spiro atoms. The minimum Gasteiger partial charge on any atom is -0.480 e. The first-order chi connectivity index (χ1) is 18.9. The van der Waals surface area contributed by atoms with Gasteiger partial charge in [0.1, 0.15) is 17.2 Å². The lowest BCUT2D eigenvalue weighted by Gasteiger charge is -2.26. The summed E-state index contributed by atoms with van der Waals surface area (Å²) < 4.78 is 45.3. The van der Waals surface area contributed by atoms with E-state index in [1.165, 1.54) is 31.1 Å². The molecule has 206 valence electrons. The van der Waals surface area contributed by atoms with Gasteiger partial charge in [-0.15, -0.1) is 0 Å². The Morgan fingerprint density at radius 3 is 2.69 bits per heavy atom. The molecule has 3 aromatic heterocycles. The van der Waals surface area contributed by atoms with Crippen LogP contribution in [0.5, 0.6) is 11.9 Å². The third-order valence-corrected chi connectivity index (χ3v) is 6.56. The molecule has 1 N–H and O–H groups in total. The number of hydrogen-bond acceptors (Lipinski definition) is 10. The van der Waals surface area contributed by atoms with Gasteiger partial charge in [0.15, 0.2) is 11.5 Å². The number of aromatic nitrogens is 5. The molecule has 11 nitrogen and oxygen atoms in total. The zero-order valence-corrected chi connectivity index (χ0v) is 21.7. The summed E-state index contributed by atoms with van der Waals surface area (Å²) in [4.78, 5) is 33.4. The van der Waals surface area contributed by atoms with Gasteiger partial charge in [-0.2, -0.15) is 4.98 Å². The van der Waals surface area contributed by atoms with Crippen molar-refractivity contribution in [2.24, 2.45) is 5.92 Å². The van der Waals surface area contributed by atoms with Crippen molar-refractivity contribution < 1.29 is 23.0 Å². The molecular formula is C26H29F2N7O4. The van der Waals surface area contributed by atoms with Crippen LogP contribution in [0.4, 0.5) is 14.6 Å². The Hall–Kier alpha value is -3.97. The van der Waals surface area contributed by atoms with Crippen molar-refractivity contribution in [3.05, 3.63) is 52.5 Å². The SMILES string of the molecule is COc1ncc(-c2ccc3nc(NCCN4CCOCC4)c(=O)n(CC4C=C(F)C=C(F)C4)c3n2)c(OC)n1. The predicted molar refractivity (Wildman–Crippen MR) is 140 cm³/mol. The molecule has 0 bridgehead atoms. The maximum absolute atomic E-state index is 14.1. The molecule has 3 aromatic rings. The lowest BCUT2D eigenvalue weighted by atomic mass is 9.99. The van der Waals surface area contributed by atoms with Gasteiger partial charge in [-0.3, -0.25) is 14.3 Å². The average Bonchev–Trinajstić information content (AvgIpc) is 2.94. The molecule has 1 aliphatic carbocycles. The third kappa shape index (κ3) is 6.04. The van der Waals surface area contributed by atoms with Crippen LogP contribution in [0.3, 0.4) is 0 Å². The molecule has 1 fully saturated rings. The number of morpholine rings is 1. The number of nitrogens with zero attached hydrogens (tertiary/aromatic N) is 6. The summed E-state index contributed by atoms with van der Waals surface area (Å²) in [7, 11) is 2.91. The van der Waals surface area contributed by atoms with E-state index in [1.807, 2.05) is 0 Å². The summed E-state index contributed by atoms with van der Waals surface area (Å²) in [5.74, 6) is -1.45. The normalized spacial score (nSPS) is 18.0. The van der Waals surface area contributed by atoms with Gasteiger partial charge in [-0.05, 0) is 18.2 Å². The van der Waals surface area contributed by atoms with Gasteiger partial charge in [-0.25, -0.2) is 23.7 Å². The van der Waals surface area contributed by atoms with E-state index in [4.69, 9.17) is 19.2 Å². The van der Waals surface area contributed by atoms with Crippen LogP contribution in [0.2, 0.25) is 0 Å². The molecule has 0 aromatic carbocycles. The van der Waals surface area contributed by atoms with E-state index < -0.39 is 23.1 Å². The van der Waals surface area contributed by atoms with Gasteiger partial charge < -0.3 is 19.5 Å². The number of halogens is 2. The highest BCUT2D eigenvalue weighted by Gasteiger charge is 2.22. The largest absolute Gasteiger partial charge is 0.480 e. The topological polar surface area (TPSA) is 117 Å². The van der Waals surface area contributed by atoms with Crippen molar-refractivity contribution in [3.63, 3.8) is 0 Å². The van der Waals surface area contributed by atoms with E-state index in [0.29, 0.717) is 43.1 Å². The Balaban J connectivity index is 1.52. The highest BCUT2D eigenvalue weighted by Crippen LogP contribution is 2.30. The van der Waals surface area contributed by atoms with Gasteiger partial charge >= 0.3 is 6.01 Å². The zero-order valence-electron chi connectivity index (χ0n) is 21.7. The van der Waals surface area contributed by atoms with E-state index >= 15 is 0 Å². The van der Waals surface area contributed by atoms with E-state index in [9.17, 15) is 13.6 Å². The summed E-state index contributed by atoms with van der Waals surface area (Å²) in [6.45, 7) is 4.21. The Bertz CT molecular complexity index is 1470. The second-order valence-electron chi connectivity index (χ2n) is 9.18. The first kappa shape index (κ1) is 26.6. The van der Waals surface area contributed by atoms with Crippen LogP contribution in [0.15, 0.2) is 46.9 Å². The Morgan fingerprint density at radius 2 is 1.95 bits per heavy atom. The minimum atomic E-state index is -0.673. The van der Waals surface area contributed by atoms with Crippen LogP contribution in [0.25, 0.3) is 22.4 Å². The number of hydrogen-bond donors (Lipinski definition) is 1. The number of allylic oxidation sites excluding steroid dienone is 4. The van der Waals surface area contributed by atoms with Crippen LogP contribution in [-0.2, 0) is 11.3 Å². The lowest BCUT2D eigenvalue weighted by molar-refractivity contribution is 0.0398. The minimum absolute atomic E-state index is 0.0113. The monoisotopic (exact) mass is 541 g/mol. The molecule has 1 aliphatic heterocycles. The number of ether oxygens (including phenoxy) is 3. The van der Waals surface area contributed by atoms with Crippen molar-refractivity contribution in [1.82, 2.24) is 29.4 Å². The molecule has 0 saturated carbocycles. The molecule has 39 heavy (non-hydrogen) atoms. The summed E-state index contributed by atoms with van der Waals surface area (Å²) in [6.07, 6.45) is 3.66. The molecule has 4 heterocycles. The number of fused-ring (bicyclic) bond motifs is 1. The molecule has 1 atom stereocenters. The van der Waals surface area contributed by atoms with Crippen LogP contribution in [0, 0.1) is 5.92 Å². The molecular weight excluding hydrogens is 512 g/mol. The first-order valence-electron chi connectivity index (χ1n) is 12.6. The Morgan fingerprint density at radius 1 is 1.13 bits per heavy atom. The maximum atomic E-state index is 14.1. The molecule has 0 amide bonds. The maximum Gasteiger partial charge on any atom is 0.319 e. The Labute approximate surface area is 223 Å². The van der Waals surface area contributed by atoms with Gasteiger partial charge in [0.25, 0.3) is 5.56 Å². The van der Waals surface area contributed by atoms with Crippen LogP contribution >= 0.6 is 0 Å². The lowest BCUT2D eigenvalue weighted by Crippen LogP contribution is -2.39. The number of methoxy groups -OCH3 is 2. The summed E-state index contributed by atoms with van der Waals surface area (Å²) in [5, 5.41) is 3.14. The number of rotatable bonds is 9. The van der Waals surface area contributed by atoms with Crippen molar-refractivity contribution in [2.45, 2.75) is 13.0 Å². The summed E-state index contributed by atoms with van der Waals surface area (Å²) in [5.41, 5.74) is 1.18. The van der Waals surface area contributed by atoms with Gasteiger partial charge in [-0.1, -0.05) is 0 Å². The number of anilines is 1. The fraction of sp³-hybridized carbons (Fsp3) is 0.423. The van der Waals surface area contributed by atoms with Crippen molar-refractivity contribution in [3.8, 4) is 23.1 Å². The second-order valence-corrected chi connectivity index (χ2v) is 9.18. The van der Waals surface area contributed by atoms with Crippen molar-refractivity contribution in [2.75, 3.05) is 58.9 Å². The van der Waals surface area contributed by atoms with Gasteiger partial charge in [0, 0.05) is 57.3 Å². The molecule has 2 aliphatic rings. The smallest absolute Gasteiger partial charge is 0.319 e. The predicted octanol–water partition coefficient (Wildman–Crippen LogP) is 2.74. The van der Waals surface area contributed by atoms with Crippen LogP contribution < -0.4 is 20.3 Å². The molecule has 0 radical (unpaired) electrons. The first-order valence-corrected chi connectivity index (χ1v) is 12.6. The quantitative estimate of drug-likeness (QED) is 0.433. The Kier molecular flexibility index (Phi) is 8.07. The highest BCUT2D eigenvalue weighted by atomic mass is 19.1. The number of nitrogens with one attached hydrogen (secondary N) is 1.